The van der Waals surface area contributed by atoms with Crippen LogP contribution < -0.4 is 0 Å². The molecule has 0 aromatic heterocycles. The molecule has 0 saturated carbocycles. The van der Waals surface area contributed by atoms with Crippen LogP contribution in [0.4, 0.5) is 0 Å². The molecule has 3 atom stereocenters. The number of esters is 1. The summed E-state index contributed by atoms with van der Waals surface area (Å²) < 4.78 is 5.16. The van der Waals surface area contributed by atoms with Crippen molar-refractivity contribution in [1.29, 1.82) is 0 Å². The number of carbonyl (C=O) groups excluding carboxylic acids is 2. The van der Waals surface area contributed by atoms with E-state index in [4.69, 9.17) is 4.74 Å². The summed E-state index contributed by atoms with van der Waals surface area (Å²) in [5.41, 5.74) is 0.303. The fourth-order valence-corrected chi connectivity index (χ4v) is 4.26. The van der Waals surface area contributed by atoms with Crippen LogP contribution >= 0.6 is 11.8 Å². The molecule has 3 rings (SSSR count). The molecular formula is C18H19NO4S. The molecule has 0 radical (unpaired) electrons. The number of amides is 1. The number of hydrogen-bond donors (Lipinski definition) is 1. The van der Waals surface area contributed by atoms with Crippen molar-refractivity contribution in [3.8, 4) is 0 Å². The van der Waals surface area contributed by atoms with E-state index >= 15 is 0 Å². The van der Waals surface area contributed by atoms with E-state index in [0.717, 1.165) is 9.80 Å². The number of β-lactam (4-membered cyclic amide) rings is 1. The lowest BCUT2D eigenvalue weighted by Gasteiger charge is -2.44. The number of thioether (sulfide) groups is 1. The van der Waals surface area contributed by atoms with Crippen LogP contribution in [0.15, 0.2) is 58.5 Å². The first-order chi connectivity index (χ1) is 11.5. The highest BCUT2D eigenvalue weighted by Gasteiger charge is 2.57. The van der Waals surface area contributed by atoms with E-state index in [9.17, 15) is 14.7 Å². The van der Waals surface area contributed by atoms with Crippen molar-refractivity contribution in [2.45, 2.75) is 30.4 Å². The van der Waals surface area contributed by atoms with Crippen LogP contribution in [0, 0.1) is 5.92 Å². The molecule has 1 saturated heterocycles. The summed E-state index contributed by atoms with van der Waals surface area (Å²) in [6.07, 6.45) is 1.32. The van der Waals surface area contributed by atoms with Gasteiger partial charge in [0, 0.05) is 16.2 Å². The normalized spacial score (nSPS) is 23.6. The van der Waals surface area contributed by atoms with Crippen molar-refractivity contribution in [3.05, 3.63) is 53.6 Å². The molecule has 0 unspecified atom stereocenters. The van der Waals surface area contributed by atoms with Gasteiger partial charge in [0.25, 0.3) is 0 Å². The minimum atomic E-state index is -0.731. The molecule has 5 nitrogen and oxygen atoms in total. The number of carbonyl (C=O) groups is 2. The van der Waals surface area contributed by atoms with Crippen LogP contribution in [0.25, 0.3) is 0 Å². The Morgan fingerprint density at radius 1 is 1.50 bits per heavy atom. The number of benzene rings is 1. The second-order valence-electron chi connectivity index (χ2n) is 5.82. The second kappa shape index (κ2) is 6.83. The molecule has 1 N–H and O–H groups in total. The predicted molar refractivity (Wildman–Crippen MR) is 90.9 cm³/mol. The Morgan fingerprint density at radius 2 is 2.21 bits per heavy atom. The van der Waals surface area contributed by atoms with Crippen molar-refractivity contribution in [1.82, 2.24) is 4.90 Å². The average molecular weight is 345 g/mol. The maximum Gasteiger partial charge on any atom is 0.356 e. The van der Waals surface area contributed by atoms with Crippen molar-refractivity contribution in [2.24, 2.45) is 5.92 Å². The average Bonchev–Trinajstić information content (AvgIpc) is 2.87. The van der Waals surface area contributed by atoms with Crippen LogP contribution in [-0.4, -0.2) is 40.6 Å². The summed E-state index contributed by atoms with van der Waals surface area (Å²) in [5, 5.41) is 9.83. The Labute approximate surface area is 145 Å². The maximum absolute atomic E-state index is 12.4. The second-order valence-corrected chi connectivity index (χ2v) is 6.99. The number of hydrogen-bond acceptors (Lipinski definition) is 5. The molecule has 6 heteroatoms. The van der Waals surface area contributed by atoms with Gasteiger partial charge in [0.2, 0.25) is 5.91 Å². The maximum atomic E-state index is 12.4. The zero-order chi connectivity index (χ0) is 17.3. The topological polar surface area (TPSA) is 66.8 Å². The van der Waals surface area contributed by atoms with Gasteiger partial charge < -0.3 is 14.7 Å². The molecule has 126 valence electrons. The van der Waals surface area contributed by atoms with Gasteiger partial charge in [-0.3, -0.25) is 4.79 Å². The van der Waals surface area contributed by atoms with Crippen LogP contribution in [0.3, 0.4) is 0 Å². The number of rotatable bonds is 6. The Bertz CT molecular complexity index is 698. The Kier molecular flexibility index (Phi) is 4.78. The van der Waals surface area contributed by atoms with Crippen LogP contribution in [0.1, 0.15) is 13.3 Å². The van der Waals surface area contributed by atoms with Gasteiger partial charge in [-0.05, 0) is 19.1 Å². The molecule has 1 fully saturated rings. The summed E-state index contributed by atoms with van der Waals surface area (Å²) >= 11 is 1.46. The molecule has 1 amide bonds. The Balaban J connectivity index is 1.89. The summed E-state index contributed by atoms with van der Waals surface area (Å²) in [5.74, 6) is -1.20. The van der Waals surface area contributed by atoms with E-state index in [1.165, 1.54) is 22.7 Å². The predicted octanol–water partition coefficient (Wildman–Crippen LogP) is 2.33. The van der Waals surface area contributed by atoms with Crippen molar-refractivity contribution in [2.75, 3.05) is 6.61 Å². The molecule has 2 heterocycles. The number of aliphatic hydroxyl groups excluding tert-OH is 1. The zero-order valence-corrected chi connectivity index (χ0v) is 14.2. The van der Waals surface area contributed by atoms with Gasteiger partial charge in [0.15, 0.2) is 0 Å². The minimum absolute atomic E-state index is 0.0954. The quantitative estimate of drug-likeness (QED) is 0.487. The first kappa shape index (κ1) is 16.8. The van der Waals surface area contributed by atoms with E-state index in [0.29, 0.717) is 12.1 Å². The molecule has 0 spiro atoms. The van der Waals surface area contributed by atoms with Gasteiger partial charge >= 0.3 is 5.97 Å². The van der Waals surface area contributed by atoms with E-state index in [-0.39, 0.29) is 18.6 Å². The van der Waals surface area contributed by atoms with Gasteiger partial charge in [-0.1, -0.05) is 42.6 Å². The highest BCUT2D eigenvalue weighted by atomic mass is 32.2. The summed E-state index contributed by atoms with van der Waals surface area (Å²) in [6, 6.07) is 9.50. The van der Waals surface area contributed by atoms with Crippen molar-refractivity contribution >= 4 is 23.6 Å². The third kappa shape index (κ3) is 2.87. The van der Waals surface area contributed by atoms with Gasteiger partial charge in [-0.25, -0.2) is 4.79 Å². The smallest absolute Gasteiger partial charge is 0.356 e. The molecule has 2 aliphatic rings. The third-order valence-electron chi connectivity index (χ3n) is 4.20. The standard InChI is InChI=1S/C18H19NO4S/c1-3-9-23-18(22)16-14(24-12-7-5-4-6-8-12)10-13-15(11(2)20)17(21)19(13)16/h3-8,11,13,15,20H,1,9-10H2,2H3/t11-,13+,15-/m0/s1. The molecule has 0 bridgehead atoms. The lowest BCUT2D eigenvalue weighted by molar-refractivity contribution is -0.162. The number of aliphatic hydroxyl groups is 1. The first-order valence-corrected chi connectivity index (χ1v) is 8.61. The fraction of sp³-hybridized carbons (Fsp3) is 0.333. The number of ether oxygens (including phenoxy) is 1. The van der Waals surface area contributed by atoms with Gasteiger partial charge in [-0.15, -0.1) is 0 Å². The lowest BCUT2D eigenvalue weighted by atomic mass is 9.83. The summed E-state index contributed by atoms with van der Waals surface area (Å²) in [7, 11) is 0. The molecular weight excluding hydrogens is 326 g/mol. The largest absolute Gasteiger partial charge is 0.457 e. The minimum Gasteiger partial charge on any atom is -0.457 e. The lowest BCUT2D eigenvalue weighted by Crippen LogP contribution is -2.61. The Morgan fingerprint density at radius 3 is 2.83 bits per heavy atom. The van der Waals surface area contributed by atoms with Crippen LogP contribution in [-0.2, 0) is 14.3 Å². The van der Waals surface area contributed by atoms with Gasteiger partial charge in [0.1, 0.15) is 12.3 Å². The SMILES string of the molecule is C=CCOC(=O)C1=C(Sc2ccccc2)C[C@@H]2[C@H]([C@H](C)O)C(=O)N12. The van der Waals surface area contributed by atoms with E-state index in [1.807, 2.05) is 30.3 Å². The number of fused-ring (bicyclic) bond motifs is 1. The Hall–Kier alpha value is -2.05. The molecule has 0 aliphatic carbocycles. The van der Waals surface area contributed by atoms with Crippen LogP contribution in [0.5, 0.6) is 0 Å². The zero-order valence-electron chi connectivity index (χ0n) is 13.3. The van der Waals surface area contributed by atoms with E-state index in [2.05, 4.69) is 6.58 Å². The van der Waals surface area contributed by atoms with Crippen LogP contribution in [0.2, 0.25) is 0 Å². The highest BCUT2D eigenvalue weighted by Crippen LogP contribution is 2.48. The molecule has 1 aromatic rings. The van der Waals surface area contributed by atoms with E-state index < -0.39 is 18.0 Å². The monoisotopic (exact) mass is 345 g/mol. The third-order valence-corrected chi connectivity index (χ3v) is 5.31. The van der Waals surface area contributed by atoms with Crippen molar-refractivity contribution < 1.29 is 19.4 Å². The van der Waals surface area contributed by atoms with Crippen molar-refractivity contribution in [3.63, 3.8) is 0 Å². The molecule has 24 heavy (non-hydrogen) atoms. The van der Waals surface area contributed by atoms with Gasteiger partial charge in [0.05, 0.1) is 18.1 Å². The molecule has 2 aliphatic heterocycles. The fourth-order valence-electron chi connectivity index (χ4n) is 3.15. The summed E-state index contributed by atoms with van der Waals surface area (Å²) in [4.78, 5) is 28.1. The first-order valence-electron chi connectivity index (χ1n) is 7.79. The van der Waals surface area contributed by atoms with E-state index in [1.54, 1.807) is 6.92 Å². The molecule has 1 aromatic carbocycles. The number of nitrogens with zero attached hydrogens (tertiary/aromatic N) is 1. The van der Waals surface area contributed by atoms with Gasteiger partial charge in [-0.2, -0.15) is 0 Å². The summed E-state index contributed by atoms with van der Waals surface area (Å²) in [6.45, 7) is 5.24. The highest BCUT2D eigenvalue weighted by molar-refractivity contribution is 8.03.